The van der Waals surface area contributed by atoms with E-state index in [1.165, 1.54) is 35.8 Å². The van der Waals surface area contributed by atoms with Crippen LogP contribution in [0.4, 0.5) is 34.1 Å². The molecule has 8 nitrogen and oxygen atoms in total. The monoisotopic (exact) mass is 870 g/mol. The number of ether oxygens (including phenoxy) is 2. The minimum Gasteiger partial charge on any atom is -0.467 e. The van der Waals surface area contributed by atoms with Gasteiger partial charge in [0.05, 0.1) is 25.6 Å². The fourth-order valence-corrected chi connectivity index (χ4v) is 7.62. The van der Waals surface area contributed by atoms with E-state index in [0.717, 1.165) is 56.4 Å². The molecule has 8 aromatic rings. The molecule has 0 N–H and O–H groups in total. The van der Waals surface area contributed by atoms with E-state index in [-0.39, 0.29) is 0 Å². The predicted octanol–water partition coefficient (Wildman–Crippen LogP) is 15.2. The second-order valence-corrected chi connectivity index (χ2v) is 16.7. The van der Waals surface area contributed by atoms with Gasteiger partial charge in [-0.1, -0.05) is 147 Å². The maximum absolute atomic E-state index is 11.3. The molecule has 0 aromatic heterocycles. The summed E-state index contributed by atoms with van der Waals surface area (Å²) in [7, 11) is 2.54. The third-order valence-electron chi connectivity index (χ3n) is 11.3. The standard InChI is InChI=1S/C48H36N2.C10H18N2O4/c1-3-35-19-27-41(28-20-35)49(47-17-9-13-39-11-5-7-15-45(39)47)43-31-23-37(24-32-43)38-25-33-44(34-26-38)50(42-29-21-36(4-2)22-30-42)48-18-10-14-40-12-6-8-16-46(40)48;1-9(2,7(13)15-5)11-12-10(3,4)8(14)16-6/h3-34H,1-2H2;1-6H3. The van der Waals surface area contributed by atoms with Gasteiger partial charge in [-0.25, -0.2) is 9.59 Å². The second-order valence-electron chi connectivity index (χ2n) is 16.7. The number of rotatable bonds is 13. The van der Waals surface area contributed by atoms with Crippen LogP contribution >= 0.6 is 0 Å². The van der Waals surface area contributed by atoms with Crippen molar-refractivity contribution in [3.8, 4) is 11.1 Å². The van der Waals surface area contributed by atoms with Crippen LogP contribution in [-0.2, 0) is 19.1 Å². The average Bonchev–Trinajstić information content (AvgIpc) is 3.36. The van der Waals surface area contributed by atoms with Gasteiger partial charge in [0.1, 0.15) is 0 Å². The van der Waals surface area contributed by atoms with Crippen molar-refractivity contribution in [1.82, 2.24) is 0 Å². The highest BCUT2D eigenvalue weighted by Gasteiger charge is 2.33. The molecule has 0 saturated heterocycles. The van der Waals surface area contributed by atoms with Crippen LogP contribution in [0.3, 0.4) is 0 Å². The van der Waals surface area contributed by atoms with Gasteiger partial charge in [0.15, 0.2) is 11.1 Å². The number of fused-ring (bicyclic) bond motifs is 2. The quantitative estimate of drug-likeness (QED) is 0.0848. The Morgan fingerprint density at radius 3 is 1.06 bits per heavy atom. The van der Waals surface area contributed by atoms with Crippen molar-refractivity contribution in [3.05, 3.63) is 206 Å². The van der Waals surface area contributed by atoms with Crippen LogP contribution in [0.1, 0.15) is 38.8 Å². The number of esters is 2. The summed E-state index contributed by atoms with van der Waals surface area (Å²) < 4.78 is 9.12. The van der Waals surface area contributed by atoms with E-state index in [4.69, 9.17) is 0 Å². The van der Waals surface area contributed by atoms with Crippen molar-refractivity contribution < 1.29 is 19.1 Å². The van der Waals surface area contributed by atoms with E-state index in [1.54, 1.807) is 27.7 Å². The molecule has 0 radical (unpaired) electrons. The van der Waals surface area contributed by atoms with Crippen LogP contribution in [0.25, 0.3) is 44.8 Å². The zero-order valence-electron chi connectivity index (χ0n) is 38.3. The number of methoxy groups -OCH3 is 2. The van der Waals surface area contributed by atoms with Gasteiger partial charge in [0.25, 0.3) is 0 Å². The molecule has 0 saturated carbocycles. The van der Waals surface area contributed by atoms with Gasteiger partial charge < -0.3 is 19.3 Å². The Morgan fingerprint density at radius 2 is 0.742 bits per heavy atom. The van der Waals surface area contributed by atoms with Crippen molar-refractivity contribution >= 4 is 79.8 Å². The fraction of sp³-hybridized carbons (Fsp3) is 0.138. The Labute approximate surface area is 387 Å². The van der Waals surface area contributed by atoms with Crippen molar-refractivity contribution in [3.63, 3.8) is 0 Å². The van der Waals surface area contributed by atoms with Gasteiger partial charge in [-0.3, -0.25) is 0 Å². The smallest absolute Gasteiger partial charge is 0.335 e. The minimum absolute atomic E-state index is 0.517. The average molecular weight is 871 g/mol. The molecule has 0 heterocycles. The minimum atomic E-state index is -1.11. The lowest BCUT2D eigenvalue weighted by Crippen LogP contribution is -2.34. The van der Waals surface area contributed by atoms with E-state index >= 15 is 0 Å². The molecule has 66 heavy (non-hydrogen) atoms. The lowest BCUT2D eigenvalue weighted by atomic mass is 10.0. The SMILES string of the molecule is C=Cc1ccc(N(c2ccc(-c3ccc(N(c4ccc(C=C)cc4)c4cccc5ccccc45)cc3)cc2)c2cccc3ccccc23)cc1.COC(=O)C(C)(C)N=NC(C)(C)C(=O)OC. The number of nitrogens with zero attached hydrogens (tertiary/aromatic N) is 4. The summed E-state index contributed by atoms with van der Waals surface area (Å²) in [6, 6.07) is 65.0. The second kappa shape index (κ2) is 20.2. The molecule has 8 aromatic carbocycles. The van der Waals surface area contributed by atoms with Gasteiger partial charge in [-0.05, 0) is 121 Å². The van der Waals surface area contributed by atoms with E-state index in [1.807, 2.05) is 12.2 Å². The Hall–Kier alpha value is -8.10. The highest BCUT2D eigenvalue weighted by molar-refractivity contribution is 6.00. The number of carbonyl (C=O) groups is 2. The lowest BCUT2D eigenvalue weighted by Gasteiger charge is -2.27. The summed E-state index contributed by atoms with van der Waals surface area (Å²) in [6.45, 7) is 14.1. The molecule has 0 unspecified atom stereocenters. The van der Waals surface area contributed by atoms with E-state index in [2.05, 4.69) is 225 Å². The summed E-state index contributed by atoms with van der Waals surface area (Å²) in [5.41, 5.74) is 8.95. The maximum Gasteiger partial charge on any atom is 0.335 e. The molecule has 0 spiro atoms. The van der Waals surface area contributed by atoms with E-state index < -0.39 is 23.0 Å². The van der Waals surface area contributed by atoms with Crippen LogP contribution in [0.15, 0.2) is 205 Å². The van der Waals surface area contributed by atoms with Gasteiger partial charge in [0.2, 0.25) is 0 Å². The van der Waals surface area contributed by atoms with Gasteiger partial charge >= 0.3 is 11.9 Å². The molecule has 0 aliphatic heterocycles. The zero-order chi connectivity index (χ0) is 46.8. The Bertz CT molecular complexity index is 2790. The number of azo groups is 1. The van der Waals surface area contributed by atoms with E-state index in [0.29, 0.717) is 0 Å². The number of hydrogen-bond donors (Lipinski definition) is 0. The van der Waals surface area contributed by atoms with Gasteiger partial charge in [-0.2, -0.15) is 10.2 Å². The molecule has 0 atom stereocenters. The fourth-order valence-electron chi connectivity index (χ4n) is 7.62. The van der Waals surface area contributed by atoms with Crippen molar-refractivity contribution in [1.29, 1.82) is 0 Å². The van der Waals surface area contributed by atoms with Gasteiger partial charge in [-0.15, -0.1) is 0 Å². The maximum atomic E-state index is 11.3. The van der Waals surface area contributed by atoms with Gasteiger partial charge in [0, 0.05) is 33.5 Å². The molecule has 8 rings (SSSR count). The molecule has 8 heteroatoms. The molecular weight excluding hydrogens is 817 g/mol. The number of carbonyl (C=O) groups excluding carboxylic acids is 2. The highest BCUT2D eigenvalue weighted by Crippen LogP contribution is 2.42. The Kier molecular flexibility index (Phi) is 14.0. The molecule has 0 amide bonds. The highest BCUT2D eigenvalue weighted by atomic mass is 16.5. The third kappa shape index (κ3) is 10.1. The molecule has 0 bridgehead atoms. The Morgan fingerprint density at radius 1 is 0.439 bits per heavy atom. The third-order valence-corrected chi connectivity index (χ3v) is 11.3. The summed E-state index contributed by atoms with van der Waals surface area (Å²) in [5, 5.41) is 12.5. The zero-order valence-corrected chi connectivity index (χ0v) is 38.3. The number of anilines is 6. The van der Waals surface area contributed by atoms with E-state index in [9.17, 15) is 9.59 Å². The predicted molar refractivity (Wildman–Crippen MR) is 273 cm³/mol. The number of benzene rings is 8. The van der Waals surface area contributed by atoms with Crippen molar-refractivity contribution in [2.24, 2.45) is 10.2 Å². The lowest BCUT2D eigenvalue weighted by molar-refractivity contribution is -0.148. The summed E-state index contributed by atoms with van der Waals surface area (Å²) in [5.74, 6) is -1.03. The van der Waals surface area contributed by atoms with Crippen LogP contribution in [0.5, 0.6) is 0 Å². The molecule has 0 aliphatic carbocycles. The van der Waals surface area contributed by atoms with Crippen LogP contribution in [0, 0.1) is 0 Å². The summed E-state index contributed by atoms with van der Waals surface area (Å²) >= 11 is 0. The normalized spacial score (nSPS) is 11.4. The Balaban J connectivity index is 0.000000348. The largest absolute Gasteiger partial charge is 0.467 e. The first-order valence-corrected chi connectivity index (χ1v) is 21.7. The number of hydrogen-bond acceptors (Lipinski definition) is 8. The summed E-state index contributed by atoms with van der Waals surface area (Å²) in [4.78, 5) is 27.3. The van der Waals surface area contributed by atoms with Crippen molar-refractivity contribution in [2.75, 3.05) is 24.0 Å². The van der Waals surface area contributed by atoms with Crippen LogP contribution in [0.2, 0.25) is 0 Å². The first-order valence-electron chi connectivity index (χ1n) is 21.7. The molecule has 0 fully saturated rings. The van der Waals surface area contributed by atoms with Crippen LogP contribution < -0.4 is 9.80 Å². The molecular formula is C58H54N4O4. The summed E-state index contributed by atoms with van der Waals surface area (Å²) in [6.07, 6.45) is 3.76. The van der Waals surface area contributed by atoms with Crippen molar-refractivity contribution in [2.45, 2.75) is 38.8 Å². The topological polar surface area (TPSA) is 83.8 Å². The first-order chi connectivity index (χ1) is 31.9. The molecule has 330 valence electrons. The van der Waals surface area contributed by atoms with Crippen LogP contribution in [-0.4, -0.2) is 37.2 Å². The molecule has 0 aliphatic rings. The first kappa shape index (κ1) is 45.9.